The van der Waals surface area contributed by atoms with Crippen LogP contribution in [0.5, 0.6) is 5.75 Å². The van der Waals surface area contributed by atoms with Crippen molar-refractivity contribution in [2.24, 2.45) is 0 Å². The normalized spacial score (nSPS) is 11.9. The fourth-order valence-electron chi connectivity index (χ4n) is 2.20. The first kappa shape index (κ1) is 15.6. The molecule has 0 atom stereocenters. The zero-order valence-corrected chi connectivity index (χ0v) is 12.9. The Labute approximate surface area is 133 Å². The highest BCUT2D eigenvalue weighted by molar-refractivity contribution is 7.98. The number of methoxy groups -OCH3 is 1. The molecule has 120 valence electrons. The zero-order chi connectivity index (χ0) is 16.6. The monoisotopic (exact) mass is 340 g/mol. The Balaban J connectivity index is 2.21. The highest BCUT2D eigenvalue weighted by Gasteiger charge is 2.31. The standard InChI is InChI=1S/C14H11F3N4OS/c1-22-10-7-8(14(15,16)17)3-4-9(10)11-12-18-5-6-21(12)13(23-2)20-19-11/h3-7H,1-2H3. The Hall–Kier alpha value is -2.29. The molecule has 0 radical (unpaired) electrons. The molecule has 3 rings (SSSR count). The second-order valence-electron chi connectivity index (χ2n) is 4.57. The first-order chi connectivity index (χ1) is 11.0. The number of benzene rings is 1. The minimum Gasteiger partial charge on any atom is -0.496 e. The van der Waals surface area contributed by atoms with Crippen LogP contribution in [-0.4, -0.2) is 32.9 Å². The van der Waals surface area contributed by atoms with Gasteiger partial charge in [-0.2, -0.15) is 13.2 Å². The first-order valence-electron chi connectivity index (χ1n) is 6.45. The van der Waals surface area contributed by atoms with Crippen molar-refractivity contribution in [3.63, 3.8) is 0 Å². The van der Waals surface area contributed by atoms with Gasteiger partial charge in [0.1, 0.15) is 11.4 Å². The van der Waals surface area contributed by atoms with Crippen LogP contribution in [-0.2, 0) is 6.18 Å². The Bertz CT molecular complexity index is 863. The molecule has 0 aliphatic heterocycles. The fraction of sp³-hybridized carbons (Fsp3) is 0.214. The third-order valence-electron chi connectivity index (χ3n) is 3.26. The van der Waals surface area contributed by atoms with Crippen molar-refractivity contribution >= 4 is 17.4 Å². The van der Waals surface area contributed by atoms with Crippen LogP contribution in [0.25, 0.3) is 16.9 Å². The largest absolute Gasteiger partial charge is 0.496 e. The predicted octanol–water partition coefficient (Wildman–Crippen LogP) is 3.54. The lowest BCUT2D eigenvalue weighted by atomic mass is 10.1. The van der Waals surface area contributed by atoms with Gasteiger partial charge in [0.05, 0.1) is 12.7 Å². The summed E-state index contributed by atoms with van der Waals surface area (Å²) in [6.45, 7) is 0. The predicted molar refractivity (Wildman–Crippen MR) is 79.6 cm³/mol. The van der Waals surface area contributed by atoms with Crippen molar-refractivity contribution in [1.29, 1.82) is 0 Å². The van der Waals surface area contributed by atoms with Crippen LogP contribution in [0.4, 0.5) is 13.2 Å². The summed E-state index contributed by atoms with van der Waals surface area (Å²) in [5, 5.41) is 8.82. The Kier molecular flexibility index (Phi) is 3.88. The molecule has 2 heterocycles. The molecule has 0 spiro atoms. The summed E-state index contributed by atoms with van der Waals surface area (Å²) in [6, 6.07) is 3.25. The minimum atomic E-state index is -4.44. The molecule has 0 unspecified atom stereocenters. The summed E-state index contributed by atoms with van der Waals surface area (Å²) in [7, 11) is 1.31. The second kappa shape index (κ2) is 5.73. The van der Waals surface area contributed by atoms with E-state index in [0.29, 0.717) is 22.1 Å². The number of imidazole rings is 1. The molecule has 0 aliphatic carbocycles. The van der Waals surface area contributed by atoms with E-state index < -0.39 is 11.7 Å². The highest BCUT2D eigenvalue weighted by Crippen LogP contribution is 2.37. The fourth-order valence-corrected chi connectivity index (χ4v) is 2.66. The molecule has 0 amide bonds. The summed E-state index contributed by atoms with van der Waals surface area (Å²) >= 11 is 1.39. The zero-order valence-electron chi connectivity index (χ0n) is 12.1. The van der Waals surface area contributed by atoms with Crippen LogP contribution >= 0.6 is 11.8 Å². The maximum Gasteiger partial charge on any atom is 0.416 e. The maximum absolute atomic E-state index is 12.8. The Morgan fingerprint density at radius 2 is 2.00 bits per heavy atom. The number of aromatic nitrogens is 4. The van der Waals surface area contributed by atoms with Gasteiger partial charge in [-0.25, -0.2) is 4.98 Å². The van der Waals surface area contributed by atoms with E-state index in [1.807, 2.05) is 6.26 Å². The second-order valence-corrected chi connectivity index (χ2v) is 5.34. The Morgan fingerprint density at radius 3 is 2.65 bits per heavy atom. The molecule has 0 saturated heterocycles. The number of ether oxygens (including phenoxy) is 1. The van der Waals surface area contributed by atoms with Crippen molar-refractivity contribution in [2.45, 2.75) is 11.3 Å². The lowest BCUT2D eigenvalue weighted by Crippen LogP contribution is -2.06. The summed E-state index contributed by atoms with van der Waals surface area (Å²) < 4.78 is 45.3. The van der Waals surface area contributed by atoms with Gasteiger partial charge in [0.2, 0.25) is 0 Å². The first-order valence-corrected chi connectivity index (χ1v) is 7.67. The molecule has 9 heteroatoms. The number of hydrogen-bond acceptors (Lipinski definition) is 5. The van der Waals surface area contributed by atoms with Crippen molar-refractivity contribution in [3.8, 4) is 17.0 Å². The van der Waals surface area contributed by atoms with E-state index in [2.05, 4.69) is 15.2 Å². The van der Waals surface area contributed by atoms with Crippen molar-refractivity contribution in [1.82, 2.24) is 19.6 Å². The van der Waals surface area contributed by atoms with Crippen molar-refractivity contribution in [2.75, 3.05) is 13.4 Å². The molecular formula is C14H11F3N4OS. The molecule has 2 aromatic heterocycles. The molecule has 0 bridgehead atoms. The smallest absolute Gasteiger partial charge is 0.416 e. The van der Waals surface area contributed by atoms with Crippen molar-refractivity contribution in [3.05, 3.63) is 36.2 Å². The molecule has 0 N–H and O–H groups in total. The van der Waals surface area contributed by atoms with Gasteiger partial charge in [0, 0.05) is 18.0 Å². The van der Waals surface area contributed by atoms with Gasteiger partial charge < -0.3 is 4.74 Å². The number of halogens is 3. The van der Waals surface area contributed by atoms with Crippen LogP contribution in [0, 0.1) is 0 Å². The van der Waals surface area contributed by atoms with E-state index in [1.54, 1.807) is 16.8 Å². The van der Waals surface area contributed by atoms with Gasteiger partial charge in [-0.15, -0.1) is 10.2 Å². The van der Waals surface area contributed by atoms with Crippen LogP contribution in [0.15, 0.2) is 35.7 Å². The van der Waals surface area contributed by atoms with E-state index in [0.717, 1.165) is 12.1 Å². The topological polar surface area (TPSA) is 52.3 Å². The number of rotatable bonds is 3. The van der Waals surface area contributed by atoms with E-state index in [9.17, 15) is 13.2 Å². The van der Waals surface area contributed by atoms with E-state index in [1.165, 1.54) is 24.9 Å². The number of alkyl halides is 3. The summed E-state index contributed by atoms with van der Waals surface area (Å²) in [5.74, 6) is 0.0657. The number of fused-ring (bicyclic) bond motifs is 1. The molecule has 0 aliphatic rings. The molecular weight excluding hydrogens is 329 g/mol. The third kappa shape index (κ3) is 2.72. The van der Waals surface area contributed by atoms with E-state index in [4.69, 9.17) is 4.74 Å². The lowest BCUT2D eigenvalue weighted by molar-refractivity contribution is -0.137. The number of nitrogens with zero attached hydrogens (tertiary/aromatic N) is 4. The van der Waals surface area contributed by atoms with Crippen LogP contribution in [0.1, 0.15) is 5.56 Å². The molecule has 3 aromatic rings. The average Bonchev–Trinajstić information content (AvgIpc) is 3.02. The van der Waals surface area contributed by atoms with Crippen LogP contribution < -0.4 is 4.74 Å². The van der Waals surface area contributed by atoms with Gasteiger partial charge >= 0.3 is 6.18 Å². The average molecular weight is 340 g/mol. The van der Waals surface area contributed by atoms with Gasteiger partial charge in [0.25, 0.3) is 0 Å². The summed E-state index contributed by atoms with van der Waals surface area (Å²) in [6.07, 6.45) is 0.707. The minimum absolute atomic E-state index is 0.0657. The number of thioether (sulfide) groups is 1. The van der Waals surface area contributed by atoms with Gasteiger partial charge in [-0.05, 0) is 24.5 Å². The lowest BCUT2D eigenvalue weighted by Gasteiger charge is -2.13. The third-order valence-corrected chi connectivity index (χ3v) is 3.90. The van der Waals surface area contributed by atoms with Gasteiger partial charge in [0.15, 0.2) is 10.8 Å². The van der Waals surface area contributed by atoms with Crippen LogP contribution in [0.2, 0.25) is 0 Å². The van der Waals surface area contributed by atoms with Gasteiger partial charge in [-0.3, -0.25) is 4.40 Å². The summed E-state index contributed by atoms with van der Waals surface area (Å²) in [4.78, 5) is 4.22. The van der Waals surface area contributed by atoms with E-state index >= 15 is 0 Å². The molecule has 0 saturated carbocycles. The molecule has 0 fully saturated rings. The quantitative estimate of drug-likeness (QED) is 0.683. The molecule has 1 aromatic carbocycles. The SMILES string of the molecule is COc1cc(C(F)(F)F)ccc1-c1nnc(SC)n2ccnc12. The number of hydrogen-bond donors (Lipinski definition) is 0. The van der Waals surface area contributed by atoms with Crippen LogP contribution in [0.3, 0.4) is 0 Å². The highest BCUT2D eigenvalue weighted by atomic mass is 32.2. The summed E-state index contributed by atoms with van der Waals surface area (Å²) in [5.41, 5.74) is 0.476. The van der Waals surface area contributed by atoms with Gasteiger partial charge in [-0.1, -0.05) is 11.8 Å². The molecule has 5 nitrogen and oxygen atoms in total. The van der Waals surface area contributed by atoms with Crippen molar-refractivity contribution < 1.29 is 17.9 Å². The Morgan fingerprint density at radius 1 is 1.22 bits per heavy atom. The molecule has 23 heavy (non-hydrogen) atoms. The maximum atomic E-state index is 12.8. The van der Waals surface area contributed by atoms with E-state index in [-0.39, 0.29) is 5.75 Å².